The maximum atomic E-state index is 4.79. The van der Waals surface area contributed by atoms with E-state index >= 15 is 0 Å². The monoisotopic (exact) mass is 259 g/mol. The third kappa shape index (κ3) is 3.57. The fourth-order valence-corrected chi connectivity index (χ4v) is 2.16. The number of fused-ring (bicyclic) bond motifs is 1. The molecule has 1 aromatic heterocycles. The Kier molecular flexibility index (Phi) is 3.95. The van der Waals surface area contributed by atoms with Crippen LogP contribution < -0.4 is 5.32 Å². The highest BCUT2D eigenvalue weighted by molar-refractivity contribution is 5.81. The van der Waals surface area contributed by atoms with Crippen LogP contribution in [-0.4, -0.2) is 15.3 Å². The Labute approximate surface area is 116 Å². The van der Waals surface area contributed by atoms with Crippen LogP contribution in [0, 0.1) is 5.92 Å². The van der Waals surface area contributed by atoms with E-state index in [1.165, 1.54) is 10.9 Å². The highest BCUT2D eigenvalue weighted by atomic mass is 15.3. The molecule has 0 aliphatic carbocycles. The fourth-order valence-electron chi connectivity index (χ4n) is 2.16. The summed E-state index contributed by atoms with van der Waals surface area (Å²) in [6, 6.07) is 8.50. The van der Waals surface area contributed by atoms with Gasteiger partial charge in [0.1, 0.15) is 0 Å². The second kappa shape index (κ2) is 5.33. The molecule has 2 aromatic rings. The van der Waals surface area contributed by atoms with E-state index in [1.807, 2.05) is 0 Å². The summed E-state index contributed by atoms with van der Waals surface area (Å²) in [6.45, 7) is 12.8. The molecular weight excluding hydrogens is 234 g/mol. The highest BCUT2D eigenvalue weighted by Crippen LogP contribution is 2.20. The highest BCUT2D eigenvalue weighted by Gasteiger charge is 2.14. The van der Waals surface area contributed by atoms with Crippen LogP contribution in [0.4, 0.5) is 0 Å². The molecule has 104 valence electrons. The minimum absolute atomic E-state index is 0.114. The molecule has 0 aliphatic rings. The standard InChI is InChI=1S/C16H25N3/c1-12(2)11-19-15-9-7-6-8-13(15)14(18-19)10-17-16(3,4)5/h6-9,12,17H,10-11H2,1-5H3. The van der Waals surface area contributed by atoms with Gasteiger partial charge < -0.3 is 5.32 Å². The van der Waals surface area contributed by atoms with E-state index in [-0.39, 0.29) is 5.54 Å². The normalized spacial score (nSPS) is 12.5. The molecule has 2 rings (SSSR count). The quantitative estimate of drug-likeness (QED) is 0.909. The maximum Gasteiger partial charge on any atom is 0.0841 e. The molecule has 0 unspecified atom stereocenters. The predicted molar refractivity (Wildman–Crippen MR) is 81.2 cm³/mol. The van der Waals surface area contributed by atoms with Gasteiger partial charge in [0.25, 0.3) is 0 Å². The SMILES string of the molecule is CC(C)Cn1nc(CNC(C)(C)C)c2ccccc21. The molecule has 0 bridgehead atoms. The molecule has 3 nitrogen and oxygen atoms in total. The number of rotatable bonds is 4. The lowest BCUT2D eigenvalue weighted by atomic mass is 10.1. The number of hydrogen-bond acceptors (Lipinski definition) is 2. The first-order chi connectivity index (χ1) is 8.87. The van der Waals surface area contributed by atoms with E-state index in [9.17, 15) is 0 Å². The molecule has 0 saturated heterocycles. The van der Waals surface area contributed by atoms with E-state index in [1.54, 1.807) is 0 Å². The molecule has 0 saturated carbocycles. The number of aromatic nitrogens is 2. The summed E-state index contributed by atoms with van der Waals surface area (Å²) in [6.07, 6.45) is 0. The Morgan fingerprint density at radius 1 is 1.21 bits per heavy atom. The second-order valence-corrected chi connectivity index (χ2v) is 6.64. The zero-order chi connectivity index (χ0) is 14.0. The number of para-hydroxylation sites is 1. The molecule has 3 heteroatoms. The average Bonchev–Trinajstić information content (AvgIpc) is 2.64. The van der Waals surface area contributed by atoms with Crippen molar-refractivity contribution in [1.29, 1.82) is 0 Å². The van der Waals surface area contributed by atoms with E-state index in [0.29, 0.717) is 5.92 Å². The van der Waals surface area contributed by atoms with Crippen LogP contribution in [0.3, 0.4) is 0 Å². The second-order valence-electron chi connectivity index (χ2n) is 6.64. The topological polar surface area (TPSA) is 29.9 Å². The first-order valence-corrected chi connectivity index (χ1v) is 7.06. The van der Waals surface area contributed by atoms with Crippen molar-refractivity contribution in [2.45, 2.75) is 53.2 Å². The molecule has 19 heavy (non-hydrogen) atoms. The summed E-state index contributed by atoms with van der Waals surface area (Å²) < 4.78 is 2.14. The largest absolute Gasteiger partial charge is 0.306 e. The van der Waals surface area contributed by atoms with E-state index in [2.05, 4.69) is 68.9 Å². The summed E-state index contributed by atoms with van der Waals surface area (Å²) in [5.74, 6) is 0.603. The lowest BCUT2D eigenvalue weighted by Crippen LogP contribution is -2.35. The van der Waals surface area contributed by atoms with Crippen LogP contribution in [0.15, 0.2) is 24.3 Å². The third-order valence-corrected chi connectivity index (χ3v) is 3.06. The Hall–Kier alpha value is -1.35. The molecule has 0 radical (unpaired) electrons. The third-order valence-electron chi connectivity index (χ3n) is 3.06. The lowest BCUT2D eigenvalue weighted by Gasteiger charge is -2.19. The van der Waals surface area contributed by atoms with Gasteiger partial charge in [0.15, 0.2) is 0 Å². The molecule has 1 N–H and O–H groups in total. The molecule has 1 heterocycles. The molecular formula is C16H25N3. The van der Waals surface area contributed by atoms with Gasteiger partial charge in [-0.1, -0.05) is 32.0 Å². The summed E-state index contributed by atoms with van der Waals surface area (Å²) in [7, 11) is 0. The van der Waals surface area contributed by atoms with Crippen molar-refractivity contribution in [2.24, 2.45) is 5.92 Å². The average molecular weight is 259 g/mol. The van der Waals surface area contributed by atoms with E-state index in [0.717, 1.165) is 18.8 Å². The summed E-state index contributed by atoms with van der Waals surface area (Å²) in [5.41, 5.74) is 2.50. The van der Waals surface area contributed by atoms with Crippen molar-refractivity contribution < 1.29 is 0 Å². The zero-order valence-electron chi connectivity index (χ0n) is 12.7. The van der Waals surface area contributed by atoms with Crippen molar-refractivity contribution in [2.75, 3.05) is 0 Å². The minimum atomic E-state index is 0.114. The Balaban J connectivity index is 2.33. The lowest BCUT2D eigenvalue weighted by molar-refractivity contribution is 0.417. The maximum absolute atomic E-state index is 4.79. The van der Waals surface area contributed by atoms with Gasteiger partial charge >= 0.3 is 0 Å². The predicted octanol–water partition coefficient (Wildman–Crippen LogP) is 3.58. The van der Waals surface area contributed by atoms with Crippen molar-refractivity contribution in [3.05, 3.63) is 30.0 Å². The summed E-state index contributed by atoms with van der Waals surface area (Å²) >= 11 is 0. The first kappa shape index (κ1) is 14.1. The zero-order valence-corrected chi connectivity index (χ0v) is 12.7. The minimum Gasteiger partial charge on any atom is -0.306 e. The van der Waals surface area contributed by atoms with E-state index < -0.39 is 0 Å². The van der Waals surface area contributed by atoms with Crippen molar-refractivity contribution in [3.63, 3.8) is 0 Å². The van der Waals surface area contributed by atoms with Crippen LogP contribution in [0.2, 0.25) is 0 Å². The van der Waals surface area contributed by atoms with Crippen molar-refractivity contribution in [3.8, 4) is 0 Å². The molecule has 0 atom stereocenters. The summed E-state index contributed by atoms with van der Waals surface area (Å²) in [4.78, 5) is 0. The Morgan fingerprint density at radius 3 is 2.53 bits per heavy atom. The van der Waals surface area contributed by atoms with Gasteiger partial charge in [0, 0.05) is 24.0 Å². The van der Waals surface area contributed by atoms with Crippen LogP contribution in [-0.2, 0) is 13.1 Å². The molecule has 0 spiro atoms. The van der Waals surface area contributed by atoms with Gasteiger partial charge in [0.2, 0.25) is 0 Å². The van der Waals surface area contributed by atoms with Gasteiger partial charge in [-0.15, -0.1) is 0 Å². The fraction of sp³-hybridized carbons (Fsp3) is 0.562. The first-order valence-electron chi connectivity index (χ1n) is 7.06. The van der Waals surface area contributed by atoms with Gasteiger partial charge in [-0.25, -0.2) is 0 Å². The molecule has 0 aliphatic heterocycles. The van der Waals surface area contributed by atoms with Crippen LogP contribution in [0.1, 0.15) is 40.3 Å². The van der Waals surface area contributed by atoms with Gasteiger partial charge in [-0.3, -0.25) is 4.68 Å². The Morgan fingerprint density at radius 2 is 1.89 bits per heavy atom. The van der Waals surface area contributed by atoms with Crippen molar-refractivity contribution >= 4 is 10.9 Å². The summed E-state index contributed by atoms with van der Waals surface area (Å²) in [5, 5.41) is 9.57. The number of hydrogen-bond donors (Lipinski definition) is 1. The van der Waals surface area contributed by atoms with Crippen molar-refractivity contribution in [1.82, 2.24) is 15.1 Å². The van der Waals surface area contributed by atoms with Crippen LogP contribution in [0.5, 0.6) is 0 Å². The number of nitrogens with zero attached hydrogens (tertiary/aromatic N) is 2. The molecule has 1 aromatic carbocycles. The Bertz CT molecular complexity index is 547. The van der Waals surface area contributed by atoms with Gasteiger partial charge in [-0.2, -0.15) is 5.10 Å². The van der Waals surface area contributed by atoms with Crippen LogP contribution in [0.25, 0.3) is 10.9 Å². The number of nitrogens with one attached hydrogen (secondary N) is 1. The van der Waals surface area contributed by atoms with E-state index in [4.69, 9.17) is 5.10 Å². The van der Waals surface area contributed by atoms with Gasteiger partial charge in [-0.05, 0) is 32.8 Å². The van der Waals surface area contributed by atoms with Crippen LogP contribution >= 0.6 is 0 Å². The van der Waals surface area contributed by atoms with Gasteiger partial charge in [0.05, 0.1) is 11.2 Å². The smallest absolute Gasteiger partial charge is 0.0841 e. The molecule has 0 fully saturated rings. The number of benzene rings is 1. The molecule has 0 amide bonds.